The van der Waals surface area contributed by atoms with Crippen LogP contribution in [0.25, 0.3) is 5.82 Å². The minimum Gasteiger partial charge on any atom is -0.477 e. The highest BCUT2D eigenvalue weighted by molar-refractivity contribution is 7.90. The molecule has 3 aliphatic rings. The van der Waals surface area contributed by atoms with Crippen LogP contribution in [-0.4, -0.2) is 59.3 Å². The summed E-state index contributed by atoms with van der Waals surface area (Å²) in [5.74, 6) is 1.82. The Balaban J connectivity index is 1.32. The molecule has 5 heterocycles. The van der Waals surface area contributed by atoms with Gasteiger partial charge in [0.05, 0.1) is 17.9 Å². The minimum atomic E-state index is -4.21. The van der Waals surface area contributed by atoms with Gasteiger partial charge in [-0.15, -0.1) is 5.10 Å². The number of amides is 1. The maximum Gasteiger partial charge on any atom is 0.281 e. The van der Waals surface area contributed by atoms with Gasteiger partial charge in [0.25, 0.3) is 15.9 Å². The van der Waals surface area contributed by atoms with E-state index < -0.39 is 15.9 Å². The fourth-order valence-electron chi connectivity index (χ4n) is 6.50. The highest BCUT2D eigenvalue weighted by Crippen LogP contribution is 2.39. The van der Waals surface area contributed by atoms with Crippen LogP contribution in [0, 0.1) is 11.8 Å². The van der Waals surface area contributed by atoms with Crippen molar-refractivity contribution in [3.8, 4) is 11.7 Å². The lowest BCUT2D eigenvalue weighted by Crippen LogP contribution is -2.41. The van der Waals surface area contributed by atoms with Crippen molar-refractivity contribution in [2.24, 2.45) is 11.8 Å². The number of sulfonamides is 1. The van der Waals surface area contributed by atoms with Crippen LogP contribution in [0.3, 0.4) is 0 Å². The standard InChI is InChI=1S/C30H39N7O4S/c1-30(2)18-22-12-15-31-19-23-8-5-9-27(32-23)42(39,40)35-29(38)24-10-11-25(33-28(24)36(30)20-22)37-16-13-26(34-37)41-17-14-21-6-3-4-7-21/h5,8-11,13,16,21-22,31H,3-4,6-7,12,14-15,17-20H2,1-2H3,(H,35,38)/t22-/m0/s1. The summed E-state index contributed by atoms with van der Waals surface area (Å²) in [4.78, 5) is 24.9. The van der Waals surface area contributed by atoms with Gasteiger partial charge in [-0.25, -0.2) is 19.4 Å². The molecule has 0 radical (unpaired) electrons. The lowest BCUT2D eigenvalue weighted by Gasteiger charge is -2.34. The first-order chi connectivity index (χ1) is 20.2. The Kier molecular flexibility index (Phi) is 7.93. The van der Waals surface area contributed by atoms with Crippen molar-refractivity contribution in [1.29, 1.82) is 0 Å². The Morgan fingerprint density at radius 3 is 2.74 bits per heavy atom. The summed E-state index contributed by atoms with van der Waals surface area (Å²) in [5, 5.41) is 7.78. The molecule has 2 N–H and O–H groups in total. The van der Waals surface area contributed by atoms with E-state index in [1.165, 1.54) is 31.7 Å². The normalized spacial score (nSPS) is 22.2. The Hall–Kier alpha value is -3.51. The number of anilines is 1. The SMILES string of the molecule is CC1(C)C[C@@H]2CCNCc3cccc(n3)S(=O)(=O)NC(=O)c3ccc(-n4ccc(OCCC5CCCC5)n4)nc3N1C2. The zero-order chi connectivity index (χ0) is 29.3. The second kappa shape index (κ2) is 11.6. The zero-order valence-corrected chi connectivity index (χ0v) is 25.1. The van der Waals surface area contributed by atoms with E-state index in [9.17, 15) is 13.2 Å². The van der Waals surface area contributed by atoms with Gasteiger partial charge in [-0.1, -0.05) is 31.7 Å². The molecule has 3 aromatic heterocycles. The van der Waals surface area contributed by atoms with Gasteiger partial charge in [-0.05, 0) is 75.8 Å². The predicted molar refractivity (Wildman–Crippen MR) is 158 cm³/mol. The van der Waals surface area contributed by atoms with Crippen LogP contribution in [0.1, 0.15) is 74.8 Å². The van der Waals surface area contributed by atoms with Gasteiger partial charge in [-0.3, -0.25) is 4.79 Å². The van der Waals surface area contributed by atoms with Crippen molar-refractivity contribution in [3.63, 3.8) is 0 Å². The van der Waals surface area contributed by atoms with E-state index in [0.717, 1.165) is 31.7 Å². The van der Waals surface area contributed by atoms with E-state index in [2.05, 4.69) is 38.9 Å². The van der Waals surface area contributed by atoms with Gasteiger partial charge in [-0.2, -0.15) is 8.42 Å². The maximum absolute atomic E-state index is 13.6. The number of hydrogen-bond donors (Lipinski definition) is 2. The molecule has 224 valence electrons. The molecule has 1 saturated heterocycles. The number of aromatic nitrogens is 4. The fraction of sp³-hybridized carbons (Fsp3) is 0.533. The van der Waals surface area contributed by atoms with Crippen molar-refractivity contribution in [2.75, 3.05) is 24.6 Å². The summed E-state index contributed by atoms with van der Waals surface area (Å²) in [5.41, 5.74) is 0.480. The van der Waals surface area contributed by atoms with Gasteiger partial charge in [0.2, 0.25) is 5.88 Å². The lowest BCUT2D eigenvalue weighted by molar-refractivity contribution is 0.0981. The van der Waals surface area contributed by atoms with E-state index >= 15 is 0 Å². The summed E-state index contributed by atoms with van der Waals surface area (Å²) in [6.45, 7) is 6.80. The zero-order valence-electron chi connectivity index (χ0n) is 24.3. The van der Waals surface area contributed by atoms with Crippen LogP contribution in [0.4, 0.5) is 5.82 Å². The third kappa shape index (κ3) is 6.14. The number of carbonyl (C=O) groups is 1. The molecule has 2 aliphatic heterocycles. The molecule has 2 fully saturated rings. The van der Waals surface area contributed by atoms with Crippen molar-refractivity contribution >= 4 is 21.7 Å². The third-order valence-electron chi connectivity index (χ3n) is 8.69. The summed E-state index contributed by atoms with van der Waals surface area (Å²) < 4.78 is 36.2. The average Bonchev–Trinajstić information content (AvgIpc) is 3.71. The first-order valence-electron chi connectivity index (χ1n) is 14.9. The largest absolute Gasteiger partial charge is 0.477 e. The van der Waals surface area contributed by atoms with Crippen LogP contribution < -0.4 is 19.7 Å². The molecular weight excluding hydrogens is 554 g/mol. The fourth-order valence-corrected chi connectivity index (χ4v) is 7.45. The highest BCUT2D eigenvalue weighted by Gasteiger charge is 2.41. The van der Waals surface area contributed by atoms with Gasteiger partial charge in [0, 0.05) is 30.9 Å². The quantitative estimate of drug-likeness (QED) is 0.453. The number of nitrogens with zero attached hydrogens (tertiary/aromatic N) is 5. The first kappa shape index (κ1) is 28.6. The van der Waals surface area contributed by atoms with E-state index in [1.54, 1.807) is 35.1 Å². The Morgan fingerprint density at radius 1 is 1.07 bits per heavy atom. The van der Waals surface area contributed by atoms with Gasteiger partial charge in [0.15, 0.2) is 10.8 Å². The molecule has 1 atom stereocenters. The molecule has 3 aromatic rings. The number of fused-ring (bicyclic) bond motifs is 6. The van der Waals surface area contributed by atoms with E-state index in [1.807, 2.05) is 6.07 Å². The Morgan fingerprint density at radius 2 is 1.90 bits per heavy atom. The molecule has 0 unspecified atom stereocenters. The molecule has 1 saturated carbocycles. The monoisotopic (exact) mass is 593 g/mol. The van der Waals surface area contributed by atoms with Crippen molar-refractivity contribution < 1.29 is 17.9 Å². The number of ether oxygens (including phenoxy) is 1. The number of nitrogens with one attached hydrogen (secondary N) is 2. The molecular formula is C30H39N7O4S. The molecule has 4 bridgehead atoms. The summed E-state index contributed by atoms with van der Waals surface area (Å²) in [7, 11) is -4.21. The van der Waals surface area contributed by atoms with Crippen LogP contribution in [0.2, 0.25) is 0 Å². The molecule has 12 heteroatoms. The maximum atomic E-state index is 13.6. The topological polar surface area (TPSA) is 131 Å². The molecule has 42 heavy (non-hydrogen) atoms. The Labute approximate surface area is 247 Å². The number of hydrogen-bond acceptors (Lipinski definition) is 9. The molecule has 11 nitrogen and oxygen atoms in total. The molecule has 0 spiro atoms. The average molecular weight is 594 g/mol. The molecule has 6 rings (SSSR count). The molecule has 1 amide bonds. The number of rotatable bonds is 5. The smallest absolute Gasteiger partial charge is 0.281 e. The van der Waals surface area contributed by atoms with E-state index in [-0.39, 0.29) is 16.1 Å². The summed E-state index contributed by atoms with van der Waals surface area (Å²) >= 11 is 0. The minimum absolute atomic E-state index is 0.181. The van der Waals surface area contributed by atoms with Crippen LogP contribution in [-0.2, 0) is 16.6 Å². The van der Waals surface area contributed by atoms with Crippen LogP contribution >= 0.6 is 0 Å². The van der Waals surface area contributed by atoms with Crippen molar-refractivity contribution in [3.05, 3.63) is 53.9 Å². The summed E-state index contributed by atoms with van der Waals surface area (Å²) in [6.07, 6.45) is 9.83. The highest BCUT2D eigenvalue weighted by atomic mass is 32.2. The van der Waals surface area contributed by atoms with E-state index in [0.29, 0.717) is 48.8 Å². The second-order valence-electron chi connectivity index (χ2n) is 12.3. The first-order valence-corrected chi connectivity index (χ1v) is 16.4. The van der Waals surface area contributed by atoms with Crippen LogP contribution in [0.5, 0.6) is 5.88 Å². The van der Waals surface area contributed by atoms with E-state index in [4.69, 9.17) is 9.72 Å². The van der Waals surface area contributed by atoms with Gasteiger partial charge >= 0.3 is 0 Å². The van der Waals surface area contributed by atoms with Crippen molar-refractivity contribution in [2.45, 2.75) is 75.9 Å². The lowest BCUT2D eigenvalue weighted by atomic mass is 9.94. The predicted octanol–water partition coefficient (Wildman–Crippen LogP) is 3.84. The number of carbonyl (C=O) groups excluding carboxylic acids is 1. The third-order valence-corrected chi connectivity index (χ3v) is 9.92. The van der Waals surface area contributed by atoms with Crippen LogP contribution in [0.15, 0.2) is 47.6 Å². The van der Waals surface area contributed by atoms with Gasteiger partial charge < -0.3 is 15.0 Å². The molecule has 0 aromatic carbocycles. The number of pyridine rings is 2. The second-order valence-corrected chi connectivity index (χ2v) is 13.9. The van der Waals surface area contributed by atoms with Crippen molar-refractivity contribution in [1.82, 2.24) is 29.8 Å². The Bertz CT molecular complexity index is 1550. The van der Waals surface area contributed by atoms with Gasteiger partial charge in [0.1, 0.15) is 5.82 Å². The molecule has 1 aliphatic carbocycles. The summed E-state index contributed by atoms with van der Waals surface area (Å²) in [6, 6.07) is 9.91.